The fourth-order valence-corrected chi connectivity index (χ4v) is 3.95. The van der Waals surface area contributed by atoms with Crippen LogP contribution in [0.5, 0.6) is 0 Å². The van der Waals surface area contributed by atoms with Crippen LogP contribution in [-0.2, 0) is 13.1 Å². The van der Waals surface area contributed by atoms with Gasteiger partial charge in [-0.05, 0) is 36.6 Å². The first-order valence-corrected chi connectivity index (χ1v) is 10.5. The van der Waals surface area contributed by atoms with E-state index in [0.29, 0.717) is 12.6 Å². The molecule has 4 rings (SSSR count). The molecule has 1 unspecified atom stereocenters. The number of H-pyrrole nitrogens is 1. The Balaban J connectivity index is 0.00000272. The molecule has 1 atom stereocenters. The zero-order chi connectivity index (χ0) is 20.6. The molecule has 0 aliphatic carbocycles. The van der Waals surface area contributed by atoms with Crippen molar-refractivity contribution < 1.29 is 0 Å². The van der Waals surface area contributed by atoms with Crippen LogP contribution >= 0.6 is 24.0 Å². The molecule has 1 aliphatic heterocycles. The first-order valence-electron chi connectivity index (χ1n) is 10.5. The van der Waals surface area contributed by atoms with Crippen molar-refractivity contribution in [2.24, 2.45) is 4.99 Å². The Bertz CT molecular complexity index is 944. The average molecular weight is 531 g/mol. The zero-order valence-electron chi connectivity index (χ0n) is 17.8. The van der Waals surface area contributed by atoms with E-state index in [2.05, 4.69) is 78.2 Å². The molecule has 3 aromatic rings. The third-order valence-corrected chi connectivity index (χ3v) is 5.53. The summed E-state index contributed by atoms with van der Waals surface area (Å²) in [6.45, 7) is 3.75. The topological polar surface area (TPSA) is 81.2 Å². The smallest absolute Gasteiger partial charge is 0.191 e. The Morgan fingerprint density at radius 1 is 1.13 bits per heavy atom. The summed E-state index contributed by atoms with van der Waals surface area (Å²) in [6.07, 6.45) is 3.99. The molecule has 1 fully saturated rings. The first kappa shape index (κ1) is 23.2. The Morgan fingerprint density at radius 2 is 1.97 bits per heavy atom. The van der Waals surface area contributed by atoms with E-state index in [1.165, 1.54) is 30.3 Å². The van der Waals surface area contributed by atoms with Crippen LogP contribution in [0.1, 0.15) is 24.0 Å². The van der Waals surface area contributed by atoms with E-state index in [1.54, 1.807) is 0 Å². The molecule has 164 valence electrons. The number of likely N-dealkylation sites (tertiary alicyclic amines) is 1. The van der Waals surface area contributed by atoms with Crippen molar-refractivity contribution in [1.82, 2.24) is 30.7 Å². The van der Waals surface area contributed by atoms with Crippen LogP contribution in [0.15, 0.2) is 65.9 Å². The quantitative estimate of drug-likeness (QED) is 0.248. The van der Waals surface area contributed by atoms with E-state index < -0.39 is 0 Å². The van der Waals surface area contributed by atoms with Gasteiger partial charge in [0.2, 0.25) is 0 Å². The number of aromatic amines is 1. The Morgan fingerprint density at radius 3 is 2.74 bits per heavy atom. The van der Waals surface area contributed by atoms with Gasteiger partial charge in [0.05, 0.1) is 0 Å². The molecular formula is C23H30IN7. The highest BCUT2D eigenvalue weighted by atomic mass is 127. The number of halogens is 1. The maximum Gasteiger partial charge on any atom is 0.191 e. The van der Waals surface area contributed by atoms with Crippen molar-refractivity contribution in [3.05, 3.63) is 72.1 Å². The van der Waals surface area contributed by atoms with Crippen LogP contribution in [0.25, 0.3) is 11.4 Å². The molecule has 0 spiro atoms. The minimum Gasteiger partial charge on any atom is -0.355 e. The fourth-order valence-electron chi connectivity index (χ4n) is 3.95. The van der Waals surface area contributed by atoms with Crippen molar-refractivity contribution in [2.45, 2.75) is 32.0 Å². The SMILES string of the molecule is CN=C(NCc1cccc(-c2ncn[nH]2)c1)NCC1CCCN1Cc1ccccc1.I. The van der Waals surface area contributed by atoms with Crippen molar-refractivity contribution in [1.29, 1.82) is 0 Å². The third kappa shape index (κ3) is 6.51. The molecule has 31 heavy (non-hydrogen) atoms. The second-order valence-corrected chi connectivity index (χ2v) is 7.59. The maximum absolute atomic E-state index is 4.39. The summed E-state index contributed by atoms with van der Waals surface area (Å²) in [5, 5.41) is 13.8. The predicted octanol–water partition coefficient (Wildman–Crippen LogP) is 3.42. The number of aliphatic imine (C=N–C) groups is 1. The highest BCUT2D eigenvalue weighted by molar-refractivity contribution is 14.0. The van der Waals surface area contributed by atoms with Crippen LogP contribution in [0.4, 0.5) is 0 Å². The normalized spacial score (nSPS) is 16.7. The lowest BCUT2D eigenvalue weighted by molar-refractivity contribution is 0.245. The van der Waals surface area contributed by atoms with Crippen LogP contribution < -0.4 is 10.6 Å². The van der Waals surface area contributed by atoms with E-state index in [9.17, 15) is 0 Å². The number of guanidine groups is 1. The summed E-state index contributed by atoms with van der Waals surface area (Å²) < 4.78 is 0. The minimum absolute atomic E-state index is 0. The highest BCUT2D eigenvalue weighted by Crippen LogP contribution is 2.19. The van der Waals surface area contributed by atoms with Crippen molar-refractivity contribution in [3.8, 4) is 11.4 Å². The van der Waals surface area contributed by atoms with Crippen LogP contribution in [0.3, 0.4) is 0 Å². The number of aromatic nitrogens is 3. The summed E-state index contributed by atoms with van der Waals surface area (Å²) in [5.74, 6) is 1.60. The Hall–Kier alpha value is -2.46. The number of hydrogen-bond donors (Lipinski definition) is 3. The lowest BCUT2D eigenvalue weighted by atomic mass is 10.1. The molecule has 3 N–H and O–H groups in total. The maximum atomic E-state index is 4.39. The molecule has 1 saturated heterocycles. The van der Waals surface area contributed by atoms with Gasteiger partial charge in [-0.25, -0.2) is 4.98 Å². The monoisotopic (exact) mass is 531 g/mol. The van der Waals surface area contributed by atoms with Gasteiger partial charge in [0.15, 0.2) is 11.8 Å². The average Bonchev–Trinajstić information content (AvgIpc) is 3.47. The first-order chi connectivity index (χ1) is 14.8. The Labute approximate surface area is 200 Å². The van der Waals surface area contributed by atoms with E-state index in [0.717, 1.165) is 37.0 Å². The number of hydrogen-bond acceptors (Lipinski definition) is 4. The second-order valence-electron chi connectivity index (χ2n) is 7.59. The van der Waals surface area contributed by atoms with E-state index in [-0.39, 0.29) is 24.0 Å². The predicted molar refractivity (Wildman–Crippen MR) is 135 cm³/mol. The van der Waals surface area contributed by atoms with Gasteiger partial charge in [0, 0.05) is 38.3 Å². The fraction of sp³-hybridized carbons (Fsp3) is 0.348. The van der Waals surface area contributed by atoms with Gasteiger partial charge < -0.3 is 10.6 Å². The van der Waals surface area contributed by atoms with E-state index >= 15 is 0 Å². The van der Waals surface area contributed by atoms with Crippen molar-refractivity contribution in [2.75, 3.05) is 20.1 Å². The largest absolute Gasteiger partial charge is 0.355 e. The van der Waals surface area contributed by atoms with Gasteiger partial charge in [-0.15, -0.1) is 24.0 Å². The summed E-state index contributed by atoms with van der Waals surface area (Å²) >= 11 is 0. The standard InChI is InChI=1S/C23H29N7.HI/c1-24-23(25-14-19-9-5-10-20(13-19)22-27-17-28-29-22)26-15-21-11-6-12-30(21)16-18-7-3-2-4-8-18;/h2-5,7-10,13,17,21H,6,11-12,14-16H2,1H3,(H2,24,25,26)(H,27,28,29);1H. The molecular weight excluding hydrogens is 501 g/mol. The molecule has 2 aromatic carbocycles. The van der Waals surface area contributed by atoms with Crippen molar-refractivity contribution in [3.63, 3.8) is 0 Å². The van der Waals surface area contributed by atoms with Gasteiger partial charge in [0.25, 0.3) is 0 Å². The molecule has 0 bridgehead atoms. The molecule has 8 heteroatoms. The molecule has 0 radical (unpaired) electrons. The highest BCUT2D eigenvalue weighted by Gasteiger charge is 2.24. The van der Waals surface area contributed by atoms with Gasteiger partial charge in [-0.3, -0.25) is 15.0 Å². The third-order valence-electron chi connectivity index (χ3n) is 5.53. The molecule has 0 saturated carbocycles. The van der Waals surface area contributed by atoms with E-state index in [4.69, 9.17) is 0 Å². The molecule has 2 heterocycles. The van der Waals surface area contributed by atoms with Crippen LogP contribution in [0.2, 0.25) is 0 Å². The number of nitrogens with one attached hydrogen (secondary N) is 3. The van der Waals surface area contributed by atoms with E-state index in [1.807, 2.05) is 19.2 Å². The summed E-state index contributed by atoms with van der Waals surface area (Å²) in [4.78, 5) is 11.2. The lowest BCUT2D eigenvalue weighted by Gasteiger charge is -2.25. The molecule has 0 amide bonds. The minimum atomic E-state index is 0. The van der Waals surface area contributed by atoms with Crippen LogP contribution in [0, 0.1) is 0 Å². The second kappa shape index (κ2) is 11.8. The zero-order valence-corrected chi connectivity index (χ0v) is 20.1. The van der Waals surface area contributed by atoms with Crippen LogP contribution in [-0.4, -0.2) is 52.2 Å². The Kier molecular flexibility index (Phi) is 8.84. The summed E-state index contributed by atoms with van der Waals surface area (Å²) in [7, 11) is 1.82. The molecule has 1 aromatic heterocycles. The molecule has 1 aliphatic rings. The lowest BCUT2D eigenvalue weighted by Crippen LogP contribution is -2.44. The summed E-state index contributed by atoms with van der Waals surface area (Å²) in [6, 6.07) is 19.5. The number of benzene rings is 2. The van der Waals surface area contributed by atoms with Gasteiger partial charge >= 0.3 is 0 Å². The van der Waals surface area contributed by atoms with Gasteiger partial charge in [-0.2, -0.15) is 5.10 Å². The summed E-state index contributed by atoms with van der Waals surface area (Å²) in [5.41, 5.74) is 3.56. The number of nitrogens with zero attached hydrogens (tertiary/aromatic N) is 4. The number of rotatable bonds is 7. The molecule has 7 nitrogen and oxygen atoms in total. The van der Waals surface area contributed by atoms with Gasteiger partial charge in [-0.1, -0.05) is 48.5 Å². The van der Waals surface area contributed by atoms with Crippen molar-refractivity contribution >= 4 is 29.9 Å². The van der Waals surface area contributed by atoms with Gasteiger partial charge in [0.1, 0.15) is 6.33 Å².